The van der Waals surface area contributed by atoms with E-state index in [1.54, 1.807) is 19.2 Å². The van der Waals surface area contributed by atoms with E-state index >= 15 is 0 Å². The van der Waals surface area contributed by atoms with Crippen LogP contribution in [0.15, 0.2) is 53.5 Å². The van der Waals surface area contributed by atoms with Crippen LogP contribution in [0.5, 0.6) is 11.5 Å². The summed E-state index contributed by atoms with van der Waals surface area (Å²) in [4.78, 5) is 16.5. The molecule has 2 rings (SSSR count). The monoisotopic (exact) mass is 430 g/mol. The lowest BCUT2D eigenvalue weighted by atomic mass is 10.1. The number of amides is 1. The number of para-hydroxylation sites is 2. The first-order chi connectivity index (χ1) is 15.0. The SMILES string of the molecule is CCNC(=NCC(C)Oc1ccccc1OC)NCCNC(=O)Cc1cccc(F)c1. The zero-order valence-corrected chi connectivity index (χ0v) is 18.3. The molecule has 2 aromatic rings. The van der Waals surface area contributed by atoms with Crippen molar-refractivity contribution in [2.45, 2.75) is 26.4 Å². The molecule has 3 N–H and O–H groups in total. The number of nitrogens with zero attached hydrogens (tertiary/aromatic N) is 1. The highest BCUT2D eigenvalue weighted by atomic mass is 19.1. The van der Waals surface area contributed by atoms with Crippen LogP contribution in [0.2, 0.25) is 0 Å². The molecule has 168 valence electrons. The highest BCUT2D eigenvalue weighted by Crippen LogP contribution is 2.26. The summed E-state index contributed by atoms with van der Waals surface area (Å²) in [5.74, 6) is 1.48. The Morgan fingerprint density at radius 2 is 1.81 bits per heavy atom. The van der Waals surface area contributed by atoms with Crippen molar-refractivity contribution in [3.05, 3.63) is 59.9 Å². The number of nitrogens with one attached hydrogen (secondary N) is 3. The van der Waals surface area contributed by atoms with Gasteiger partial charge in [0.1, 0.15) is 11.9 Å². The third kappa shape index (κ3) is 8.94. The fraction of sp³-hybridized carbons (Fsp3) is 0.391. The van der Waals surface area contributed by atoms with Gasteiger partial charge in [-0.15, -0.1) is 0 Å². The van der Waals surface area contributed by atoms with Crippen molar-refractivity contribution in [1.82, 2.24) is 16.0 Å². The van der Waals surface area contributed by atoms with Gasteiger partial charge in [0, 0.05) is 19.6 Å². The predicted octanol–water partition coefficient (Wildman–Crippen LogP) is 2.52. The van der Waals surface area contributed by atoms with Crippen molar-refractivity contribution in [3.8, 4) is 11.5 Å². The van der Waals surface area contributed by atoms with Crippen LogP contribution < -0.4 is 25.4 Å². The molecule has 1 amide bonds. The smallest absolute Gasteiger partial charge is 0.224 e. The Labute approximate surface area is 183 Å². The predicted molar refractivity (Wildman–Crippen MR) is 120 cm³/mol. The number of benzene rings is 2. The maximum atomic E-state index is 13.2. The van der Waals surface area contributed by atoms with Crippen molar-refractivity contribution in [3.63, 3.8) is 0 Å². The molecule has 0 fully saturated rings. The molecular weight excluding hydrogens is 399 g/mol. The van der Waals surface area contributed by atoms with Crippen molar-refractivity contribution in [2.75, 3.05) is 33.3 Å². The third-order valence-electron chi connectivity index (χ3n) is 4.24. The van der Waals surface area contributed by atoms with Gasteiger partial charge in [-0.3, -0.25) is 4.79 Å². The lowest BCUT2D eigenvalue weighted by molar-refractivity contribution is -0.120. The zero-order chi connectivity index (χ0) is 22.5. The van der Waals surface area contributed by atoms with Crippen molar-refractivity contribution in [2.24, 2.45) is 4.99 Å². The molecule has 0 saturated carbocycles. The Kier molecular flexibility index (Phi) is 10.1. The van der Waals surface area contributed by atoms with Gasteiger partial charge in [0.15, 0.2) is 17.5 Å². The number of ether oxygens (including phenoxy) is 2. The number of rotatable bonds is 11. The molecule has 2 aromatic carbocycles. The Morgan fingerprint density at radius 3 is 2.52 bits per heavy atom. The van der Waals surface area contributed by atoms with Gasteiger partial charge >= 0.3 is 0 Å². The topological polar surface area (TPSA) is 84.0 Å². The molecule has 0 aliphatic rings. The summed E-state index contributed by atoms with van der Waals surface area (Å²) in [5, 5.41) is 9.15. The summed E-state index contributed by atoms with van der Waals surface area (Å²) in [7, 11) is 1.61. The first-order valence-electron chi connectivity index (χ1n) is 10.3. The van der Waals surface area contributed by atoms with Crippen LogP contribution in [0.1, 0.15) is 19.4 Å². The summed E-state index contributed by atoms with van der Waals surface area (Å²) in [6.45, 7) is 5.99. The highest BCUT2D eigenvalue weighted by Gasteiger charge is 2.09. The van der Waals surface area contributed by atoms with E-state index in [0.29, 0.717) is 49.2 Å². The molecule has 0 saturated heterocycles. The van der Waals surface area contributed by atoms with Gasteiger partial charge in [-0.2, -0.15) is 0 Å². The molecule has 0 radical (unpaired) electrons. The standard InChI is InChI=1S/C23H31FN4O3/c1-4-25-23(28-16-17(2)31-21-11-6-5-10-20(21)30-3)27-13-12-26-22(29)15-18-8-7-9-19(24)14-18/h5-11,14,17H,4,12-13,15-16H2,1-3H3,(H,26,29)(H2,25,27,28). The van der Waals surface area contributed by atoms with E-state index in [1.165, 1.54) is 12.1 Å². The van der Waals surface area contributed by atoms with Gasteiger partial charge in [0.2, 0.25) is 5.91 Å². The summed E-state index contributed by atoms with van der Waals surface area (Å²) >= 11 is 0. The molecule has 31 heavy (non-hydrogen) atoms. The minimum Gasteiger partial charge on any atom is -0.493 e. The normalized spacial score (nSPS) is 12.1. The van der Waals surface area contributed by atoms with Crippen LogP contribution in [0.4, 0.5) is 4.39 Å². The fourth-order valence-corrected chi connectivity index (χ4v) is 2.81. The molecule has 0 aromatic heterocycles. The molecule has 1 atom stereocenters. The van der Waals surface area contributed by atoms with E-state index < -0.39 is 0 Å². The van der Waals surface area contributed by atoms with Gasteiger partial charge in [-0.1, -0.05) is 24.3 Å². The minimum atomic E-state index is -0.345. The van der Waals surface area contributed by atoms with Crippen LogP contribution in [0.25, 0.3) is 0 Å². The second-order valence-corrected chi connectivity index (χ2v) is 6.88. The largest absolute Gasteiger partial charge is 0.493 e. The first kappa shape index (κ1) is 24.0. The number of hydrogen-bond acceptors (Lipinski definition) is 4. The summed E-state index contributed by atoms with van der Waals surface area (Å²) in [6.07, 6.45) is -0.0123. The van der Waals surface area contributed by atoms with Gasteiger partial charge in [0.05, 0.1) is 20.1 Å². The number of methoxy groups -OCH3 is 1. The van der Waals surface area contributed by atoms with E-state index in [1.807, 2.05) is 38.1 Å². The average Bonchev–Trinajstić information content (AvgIpc) is 2.75. The molecule has 8 heteroatoms. The van der Waals surface area contributed by atoms with E-state index in [0.717, 1.165) is 0 Å². The van der Waals surface area contributed by atoms with E-state index in [2.05, 4.69) is 20.9 Å². The molecule has 0 bridgehead atoms. The fourth-order valence-electron chi connectivity index (χ4n) is 2.81. The van der Waals surface area contributed by atoms with E-state index in [9.17, 15) is 9.18 Å². The number of halogens is 1. The Hall–Kier alpha value is -3.29. The van der Waals surface area contributed by atoms with Gasteiger partial charge in [-0.05, 0) is 43.7 Å². The number of carbonyl (C=O) groups excluding carboxylic acids is 1. The van der Waals surface area contributed by atoms with Gasteiger partial charge in [-0.25, -0.2) is 9.38 Å². The van der Waals surface area contributed by atoms with Crippen molar-refractivity contribution in [1.29, 1.82) is 0 Å². The Bertz CT molecular complexity index is 860. The second-order valence-electron chi connectivity index (χ2n) is 6.88. The highest BCUT2D eigenvalue weighted by molar-refractivity contribution is 5.80. The number of hydrogen-bond donors (Lipinski definition) is 3. The van der Waals surface area contributed by atoms with Crippen LogP contribution in [0, 0.1) is 5.82 Å². The second kappa shape index (κ2) is 13.1. The van der Waals surface area contributed by atoms with Gasteiger partial charge in [0.25, 0.3) is 0 Å². The molecule has 0 aliphatic carbocycles. The molecule has 7 nitrogen and oxygen atoms in total. The molecule has 1 unspecified atom stereocenters. The number of carbonyl (C=O) groups is 1. The lowest BCUT2D eigenvalue weighted by Crippen LogP contribution is -2.42. The average molecular weight is 431 g/mol. The van der Waals surface area contributed by atoms with Crippen molar-refractivity contribution >= 4 is 11.9 Å². The molecule has 0 heterocycles. The Morgan fingerprint density at radius 1 is 1.06 bits per heavy atom. The van der Waals surface area contributed by atoms with Crippen LogP contribution in [0.3, 0.4) is 0 Å². The first-order valence-corrected chi connectivity index (χ1v) is 10.3. The molecule has 0 spiro atoms. The summed E-state index contributed by atoms with van der Waals surface area (Å²) < 4.78 is 24.4. The van der Waals surface area contributed by atoms with E-state index in [4.69, 9.17) is 9.47 Å². The van der Waals surface area contributed by atoms with Gasteiger partial charge < -0.3 is 25.4 Å². The quantitative estimate of drug-likeness (QED) is 0.290. The summed E-state index contributed by atoms with van der Waals surface area (Å²) in [6, 6.07) is 13.5. The number of aliphatic imine (C=N–C) groups is 1. The number of guanidine groups is 1. The maximum absolute atomic E-state index is 13.2. The van der Waals surface area contributed by atoms with Crippen LogP contribution in [-0.4, -0.2) is 51.3 Å². The molecule has 0 aliphatic heterocycles. The maximum Gasteiger partial charge on any atom is 0.224 e. The zero-order valence-electron chi connectivity index (χ0n) is 18.3. The summed E-state index contributed by atoms with van der Waals surface area (Å²) in [5.41, 5.74) is 0.643. The van der Waals surface area contributed by atoms with Crippen LogP contribution in [-0.2, 0) is 11.2 Å². The van der Waals surface area contributed by atoms with E-state index in [-0.39, 0.29) is 24.2 Å². The van der Waals surface area contributed by atoms with Crippen molar-refractivity contribution < 1.29 is 18.7 Å². The van der Waals surface area contributed by atoms with Crippen LogP contribution >= 0.6 is 0 Å². The third-order valence-corrected chi connectivity index (χ3v) is 4.24. The Balaban J connectivity index is 1.75. The minimum absolute atomic E-state index is 0.143. The molecular formula is C23H31FN4O3. The lowest BCUT2D eigenvalue weighted by Gasteiger charge is -2.17.